The fourth-order valence-electron chi connectivity index (χ4n) is 2.54. The zero-order chi connectivity index (χ0) is 18.0. The molecule has 132 valence electrons. The minimum absolute atomic E-state index is 0.460. The monoisotopic (exact) mass is 485 g/mol. The van der Waals surface area contributed by atoms with Gasteiger partial charge in [0.2, 0.25) is 0 Å². The molecule has 0 aliphatic rings. The van der Waals surface area contributed by atoms with Gasteiger partial charge in [-0.3, -0.25) is 4.57 Å². The highest BCUT2D eigenvalue weighted by molar-refractivity contribution is 14.1. The molecular weight excluding hydrogens is 465 g/mol. The Labute approximate surface area is 167 Å². The molecule has 0 saturated carbocycles. The van der Waals surface area contributed by atoms with E-state index in [1.807, 2.05) is 24.3 Å². The molecule has 2 heterocycles. The van der Waals surface area contributed by atoms with Gasteiger partial charge in [0.1, 0.15) is 17.7 Å². The number of rotatable bonds is 6. The van der Waals surface area contributed by atoms with Gasteiger partial charge in [-0.2, -0.15) is 0 Å². The number of fused-ring (bicyclic) bond motifs is 1. The van der Waals surface area contributed by atoms with Gasteiger partial charge in [0.25, 0.3) is 0 Å². The first kappa shape index (κ1) is 18.8. The van der Waals surface area contributed by atoms with E-state index in [1.54, 1.807) is 6.20 Å². The molecule has 7 heteroatoms. The zero-order valence-electron chi connectivity index (χ0n) is 14.6. The second kappa shape index (κ2) is 7.73. The number of hydrogen-bond donors (Lipinski definition) is 0. The molecule has 4 nitrogen and oxygen atoms in total. The number of hydrogen-bond acceptors (Lipinski definition) is 3. The third-order valence-corrected chi connectivity index (χ3v) is 6.84. The molecule has 0 unspecified atom stereocenters. The molecule has 0 atom stereocenters. The molecule has 1 aromatic carbocycles. The van der Waals surface area contributed by atoms with Crippen molar-refractivity contribution in [3.63, 3.8) is 0 Å². The van der Waals surface area contributed by atoms with Crippen LogP contribution in [-0.2, 0) is 11.5 Å². The molecule has 0 fully saturated rings. The van der Waals surface area contributed by atoms with Crippen LogP contribution in [0.5, 0.6) is 0 Å². The summed E-state index contributed by atoms with van der Waals surface area (Å²) < 4.78 is 9.11. The minimum Gasteiger partial charge on any atom is -0.361 e. The molecule has 0 amide bonds. The van der Waals surface area contributed by atoms with E-state index in [2.05, 4.69) is 57.8 Å². The molecule has 0 spiro atoms. The average Bonchev–Trinajstić information content (AvgIpc) is 2.89. The molecule has 0 aliphatic heterocycles. The Morgan fingerprint density at radius 3 is 2.68 bits per heavy atom. The molecule has 3 aromatic rings. The summed E-state index contributed by atoms with van der Waals surface area (Å²) in [7, 11) is -1.11. The van der Waals surface area contributed by atoms with Crippen LogP contribution in [0.15, 0.2) is 36.5 Å². The van der Waals surface area contributed by atoms with E-state index in [0.717, 1.165) is 38.6 Å². The molecule has 0 bridgehead atoms. The largest absolute Gasteiger partial charge is 0.361 e. The lowest BCUT2D eigenvalue weighted by atomic mass is 10.2. The summed E-state index contributed by atoms with van der Waals surface area (Å²) in [5.41, 5.74) is 2.83. The molecule has 3 rings (SSSR count). The lowest BCUT2D eigenvalue weighted by molar-refractivity contribution is 0.0909. The van der Waals surface area contributed by atoms with E-state index in [1.165, 1.54) is 0 Å². The van der Waals surface area contributed by atoms with Crippen LogP contribution in [0, 0.1) is 3.57 Å². The van der Waals surface area contributed by atoms with Crippen LogP contribution < -0.4 is 0 Å². The first-order valence-electron chi connectivity index (χ1n) is 8.20. The Balaban J connectivity index is 1.98. The SMILES string of the molecule is C[Si](C)(C)CCOCn1c(-c2c(I)ccnc2Cl)nc2ccccc21. The Bertz CT molecular complexity index is 871. The van der Waals surface area contributed by atoms with Crippen molar-refractivity contribution in [2.45, 2.75) is 32.4 Å². The predicted molar refractivity (Wildman–Crippen MR) is 115 cm³/mol. The van der Waals surface area contributed by atoms with Gasteiger partial charge in [0.05, 0.1) is 16.6 Å². The Morgan fingerprint density at radius 2 is 1.96 bits per heavy atom. The molecule has 0 saturated heterocycles. The quantitative estimate of drug-likeness (QED) is 0.195. The number of ether oxygens (including phenoxy) is 1. The van der Waals surface area contributed by atoms with E-state index >= 15 is 0 Å². The standard InChI is InChI=1S/C18H21ClIN3OSi/c1-25(2,3)11-10-24-12-23-15-7-5-4-6-14(15)22-18(23)16-13(20)8-9-21-17(16)19/h4-9H,10-12H2,1-3H3. The van der Waals surface area contributed by atoms with Crippen LogP contribution >= 0.6 is 34.2 Å². The normalized spacial score (nSPS) is 12.0. The number of imidazole rings is 1. The molecule has 2 aromatic heterocycles. The maximum Gasteiger partial charge on any atom is 0.147 e. The second-order valence-corrected chi connectivity index (χ2v) is 14.3. The van der Waals surface area contributed by atoms with Crippen molar-refractivity contribution in [3.8, 4) is 11.4 Å². The van der Waals surface area contributed by atoms with Crippen molar-refractivity contribution < 1.29 is 4.74 Å². The highest BCUT2D eigenvalue weighted by Crippen LogP contribution is 2.32. The Hall–Kier alpha value is -0.963. The average molecular weight is 486 g/mol. The van der Waals surface area contributed by atoms with E-state index in [-0.39, 0.29) is 0 Å². The number of benzene rings is 1. The number of pyridine rings is 1. The topological polar surface area (TPSA) is 39.9 Å². The smallest absolute Gasteiger partial charge is 0.147 e. The Kier molecular flexibility index (Phi) is 5.82. The maximum absolute atomic E-state index is 6.38. The first-order chi connectivity index (χ1) is 11.9. The summed E-state index contributed by atoms with van der Waals surface area (Å²) in [5, 5.41) is 0.463. The second-order valence-electron chi connectivity index (χ2n) is 7.16. The summed E-state index contributed by atoms with van der Waals surface area (Å²) in [4.78, 5) is 9.02. The molecule has 0 aliphatic carbocycles. The van der Waals surface area contributed by atoms with E-state index < -0.39 is 8.07 Å². The highest BCUT2D eigenvalue weighted by Gasteiger charge is 2.19. The fraction of sp³-hybridized carbons (Fsp3) is 0.333. The number of halogens is 2. The lowest BCUT2D eigenvalue weighted by Crippen LogP contribution is -2.22. The van der Waals surface area contributed by atoms with Gasteiger partial charge < -0.3 is 4.74 Å². The van der Waals surface area contributed by atoms with Crippen molar-refractivity contribution in [1.29, 1.82) is 0 Å². The first-order valence-corrected chi connectivity index (χ1v) is 13.4. The van der Waals surface area contributed by atoms with E-state index in [0.29, 0.717) is 11.9 Å². The Morgan fingerprint density at radius 1 is 1.20 bits per heavy atom. The van der Waals surface area contributed by atoms with Crippen molar-refractivity contribution in [3.05, 3.63) is 45.3 Å². The lowest BCUT2D eigenvalue weighted by Gasteiger charge is -2.16. The molecular formula is C18H21ClIN3OSi. The van der Waals surface area contributed by atoms with E-state index in [4.69, 9.17) is 21.3 Å². The van der Waals surface area contributed by atoms with Crippen molar-refractivity contribution in [2.24, 2.45) is 0 Å². The third-order valence-electron chi connectivity index (χ3n) is 3.95. The van der Waals surface area contributed by atoms with Gasteiger partial charge in [-0.1, -0.05) is 43.4 Å². The summed E-state index contributed by atoms with van der Waals surface area (Å²) in [6.45, 7) is 8.28. The van der Waals surface area contributed by atoms with Crippen molar-refractivity contribution >= 4 is 53.3 Å². The van der Waals surface area contributed by atoms with E-state index in [9.17, 15) is 0 Å². The van der Waals surface area contributed by atoms with Crippen LogP contribution in [0.1, 0.15) is 0 Å². The van der Waals surface area contributed by atoms with Crippen LogP contribution in [0.25, 0.3) is 22.4 Å². The van der Waals surface area contributed by atoms with Gasteiger partial charge in [0.15, 0.2) is 0 Å². The fourth-order valence-corrected chi connectivity index (χ4v) is 4.36. The van der Waals surface area contributed by atoms with Gasteiger partial charge in [-0.25, -0.2) is 9.97 Å². The molecule has 0 N–H and O–H groups in total. The summed E-state index contributed by atoms with van der Waals surface area (Å²) in [5.74, 6) is 0.803. The van der Waals surface area contributed by atoms with Crippen LogP contribution in [0.2, 0.25) is 30.8 Å². The summed E-state index contributed by atoms with van der Waals surface area (Å²) >= 11 is 8.65. The van der Waals surface area contributed by atoms with Crippen LogP contribution in [-0.4, -0.2) is 29.2 Å². The number of aromatic nitrogens is 3. The number of nitrogens with zero attached hydrogens (tertiary/aromatic N) is 3. The highest BCUT2D eigenvalue weighted by atomic mass is 127. The molecule has 0 radical (unpaired) electrons. The van der Waals surface area contributed by atoms with Crippen molar-refractivity contribution in [1.82, 2.24) is 14.5 Å². The van der Waals surface area contributed by atoms with Gasteiger partial charge >= 0.3 is 0 Å². The summed E-state index contributed by atoms with van der Waals surface area (Å²) in [6.07, 6.45) is 1.71. The van der Waals surface area contributed by atoms with Gasteiger partial charge in [-0.05, 0) is 46.8 Å². The van der Waals surface area contributed by atoms with Gasteiger partial charge in [-0.15, -0.1) is 0 Å². The van der Waals surface area contributed by atoms with Crippen LogP contribution in [0.3, 0.4) is 0 Å². The zero-order valence-corrected chi connectivity index (χ0v) is 18.5. The third kappa shape index (κ3) is 4.42. The molecule has 25 heavy (non-hydrogen) atoms. The number of para-hydroxylation sites is 2. The predicted octanol–water partition coefficient (Wildman–Crippen LogP) is 5.67. The van der Waals surface area contributed by atoms with Crippen LogP contribution in [0.4, 0.5) is 0 Å². The minimum atomic E-state index is -1.11. The summed E-state index contributed by atoms with van der Waals surface area (Å²) in [6, 6.07) is 11.2. The van der Waals surface area contributed by atoms with Crippen molar-refractivity contribution in [2.75, 3.05) is 6.61 Å². The van der Waals surface area contributed by atoms with Gasteiger partial charge in [0, 0.05) is 24.4 Å². The maximum atomic E-state index is 6.38.